The van der Waals surface area contributed by atoms with Crippen molar-refractivity contribution in [3.05, 3.63) is 36.0 Å². The zero-order valence-corrected chi connectivity index (χ0v) is 6.37. The molecule has 0 saturated carbocycles. The first-order valence-corrected chi connectivity index (χ1v) is 3.26. The van der Waals surface area contributed by atoms with E-state index in [-0.39, 0.29) is 0 Å². The largest absolute Gasteiger partial charge is 0.298 e. The second kappa shape index (κ2) is 6.02. The summed E-state index contributed by atoms with van der Waals surface area (Å²) in [6.07, 6.45) is 9.93. The number of carbonyl (C=O) groups excluding carboxylic acids is 1. The van der Waals surface area contributed by atoms with Crippen molar-refractivity contribution in [3.63, 3.8) is 0 Å². The summed E-state index contributed by atoms with van der Waals surface area (Å²) < 4.78 is 0. The zero-order chi connectivity index (χ0) is 7.82. The van der Waals surface area contributed by atoms with Crippen molar-refractivity contribution in [3.8, 4) is 0 Å². The van der Waals surface area contributed by atoms with Crippen LogP contribution in [0.2, 0.25) is 0 Å². The molecule has 0 unspecified atom stereocenters. The Bertz CT molecular complexity index is 173. The van der Waals surface area contributed by atoms with Gasteiger partial charge in [-0.2, -0.15) is 0 Å². The summed E-state index contributed by atoms with van der Waals surface area (Å²) in [4.78, 5) is 10.2. The molecule has 0 N–H and O–H groups in total. The molecule has 0 aromatic heterocycles. The lowest BCUT2D eigenvalue weighted by Crippen LogP contribution is -1.75. The van der Waals surface area contributed by atoms with Gasteiger partial charge in [0.1, 0.15) is 6.29 Å². The predicted molar refractivity (Wildman–Crippen MR) is 43.8 cm³/mol. The van der Waals surface area contributed by atoms with E-state index in [1.807, 2.05) is 32.1 Å². The molecule has 0 saturated heterocycles. The van der Waals surface area contributed by atoms with Crippen LogP contribution < -0.4 is 0 Å². The summed E-state index contributed by atoms with van der Waals surface area (Å²) in [5, 5.41) is 0. The number of carbonyl (C=O) groups is 1. The normalized spacial score (nSPS) is 13.2. The van der Waals surface area contributed by atoms with Crippen LogP contribution in [-0.4, -0.2) is 6.29 Å². The van der Waals surface area contributed by atoms with Gasteiger partial charge in [-0.25, -0.2) is 0 Å². The first-order valence-electron chi connectivity index (χ1n) is 3.26. The smallest absolute Gasteiger partial charge is 0.150 e. The molecular formula is C9H12O. The molecule has 0 atom stereocenters. The lowest BCUT2D eigenvalue weighted by Gasteiger charge is -1.82. The van der Waals surface area contributed by atoms with E-state index in [9.17, 15) is 4.79 Å². The van der Waals surface area contributed by atoms with Gasteiger partial charge in [-0.05, 0) is 13.8 Å². The highest BCUT2D eigenvalue weighted by Gasteiger charge is 1.81. The quantitative estimate of drug-likeness (QED) is 0.330. The highest BCUT2D eigenvalue weighted by Crippen LogP contribution is 1.92. The van der Waals surface area contributed by atoms with Crippen LogP contribution in [0.5, 0.6) is 0 Å². The maximum atomic E-state index is 10.2. The molecule has 0 rings (SSSR count). The molecule has 0 amide bonds. The summed E-state index contributed by atoms with van der Waals surface area (Å²) in [6, 6.07) is 0. The van der Waals surface area contributed by atoms with Crippen molar-refractivity contribution in [1.82, 2.24) is 0 Å². The number of hydrogen-bond acceptors (Lipinski definition) is 1. The van der Waals surface area contributed by atoms with Crippen molar-refractivity contribution in [1.29, 1.82) is 0 Å². The van der Waals surface area contributed by atoms with Crippen LogP contribution in [0.4, 0.5) is 0 Å². The fourth-order valence-corrected chi connectivity index (χ4v) is 0.534. The summed E-state index contributed by atoms with van der Waals surface area (Å²) >= 11 is 0. The number of rotatable bonds is 3. The summed E-state index contributed by atoms with van der Waals surface area (Å²) in [6.45, 7) is 3.79. The molecule has 0 fully saturated rings. The molecule has 1 heteroatoms. The van der Waals surface area contributed by atoms with Gasteiger partial charge >= 0.3 is 0 Å². The van der Waals surface area contributed by atoms with Crippen LogP contribution in [-0.2, 0) is 4.79 Å². The first-order chi connectivity index (χ1) is 4.85. The molecule has 1 nitrogen and oxygen atoms in total. The Morgan fingerprint density at radius 1 is 1.20 bits per heavy atom. The van der Waals surface area contributed by atoms with E-state index in [0.29, 0.717) is 5.57 Å². The third kappa shape index (κ3) is 3.84. The van der Waals surface area contributed by atoms with Crippen LogP contribution in [0.3, 0.4) is 0 Å². The number of allylic oxidation sites excluding steroid dienone is 6. The molecule has 0 aliphatic rings. The summed E-state index contributed by atoms with van der Waals surface area (Å²) in [5.74, 6) is 0. The standard InChI is InChI=1S/C9H12O/c1-3-5-7-9(8-10)6-4-2/h3-8H,1-2H3/b5-3-,6-4-,9-7+. The maximum absolute atomic E-state index is 10.2. The first kappa shape index (κ1) is 8.89. The van der Waals surface area contributed by atoms with Gasteiger partial charge in [0.2, 0.25) is 0 Å². The van der Waals surface area contributed by atoms with Gasteiger partial charge in [-0.3, -0.25) is 4.79 Å². The molecule has 0 spiro atoms. The Morgan fingerprint density at radius 2 is 1.90 bits per heavy atom. The van der Waals surface area contributed by atoms with Gasteiger partial charge in [0.05, 0.1) is 0 Å². The number of aldehydes is 1. The SMILES string of the molecule is C\C=C/C=C(C=O)\C=C/C. The lowest BCUT2D eigenvalue weighted by atomic mass is 10.2. The molecule has 0 aliphatic heterocycles. The highest BCUT2D eigenvalue weighted by molar-refractivity contribution is 5.77. The number of hydrogen-bond donors (Lipinski definition) is 0. The maximum Gasteiger partial charge on any atom is 0.150 e. The fraction of sp³-hybridized carbons (Fsp3) is 0.222. The minimum Gasteiger partial charge on any atom is -0.298 e. The Morgan fingerprint density at radius 3 is 2.30 bits per heavy atom. The molecule has 0 bridgehead atoms. The van der Waals surface area contributed by atoms with E-state index in [2.05, 4.69) is 0 Å². The van der Waals surface area contributed by atoms with Crippen molar-refractivity contribution in [2.24, 2.45) is 0 Å². The Kier molecular flexibility index (Phi) is 5.35. The second-order valence-corrected chi connectivity index (χ2v) is 1.81. The Balaban J connectivity index is 4.17. The van der Waals surface area contributed by atoms with E-state index < -0.39 is 0 Å². The Hall–Kier alpha value is -1.11. The van der Waals surface area contributed by atoms with Crippen LogP contribution >= 0.6 is 0 Å². The average Bonchev–Trinajstić information content (AvgIpc) is 1.98. The topological polar surface area (TPSA) is 17.1 Å². The van der Waals surface area contributed by atoms with Gasteiger partial charge < -0.3 is 0 Å². The fourth-order valence-electron chi connectivity index (χ4n) is 0.534. The third-order valence-electron chi connectivity index (χ3n) is 0.976. The van der Waals surface area contributed by atoms with Crippen LogP contribution in [0, 0.1) is 0 Å². The zero-order valence-electron chi connectivity index (χ0n) is 6.37. The van der Waals surface area contributed by atoms with Crippen LogP contribution in [0.15, 0.2) is 36.0 Å². The molecule has 0 aromatic carbocycles. The van der Waals surface area contributed by atoms with Crippen molar-refractivity contribution in [2.45, 2.75) is 13.8 Å². The molecule has 0 aromatic rings. The minimum absolute atomic E-state index is 0.695. The molecule has 54 valence electrons. The summed E-state index contributed by atoms with van der Waals surface area (Å²) in [7, 11) is 0. The van der Waals surface area contributed by atoms with Gasteiger partial charge in [0, 0.05) is 5.57 Å². The van der Waals surface area contributed by atoms with Crippen molar-refractivity contribution in [2.75, 3.05) is 0 Å². The highest BCUT2D eigenvalue weighted by atomic mass is 16.1. The van der Waals surface area contributed by atoms with Crippen molar-refractivity contribution >= 4 is 6.29 Å². The average molecular weight is 136 g/mol. The van der Waals surface area contributed by atoms with E-state index in [4.69, 9.17) is 0 Å². The Labute approximate surface area is 61.8 Å². The minimum atomic E-state index is 0.695. The third-order valence-corrected chi connectivity index (χ3v) is 0.976. The summed E-state index contributed by atoms with van der Waals surface area (Å²) in [5.41, 5.74) is 0.695. The van der Waals surface area contributed by atoms with E-state index in [0.717, 1.165) is 6.29 Å². The molecule has 0 aliphatic carbocycles. The molecular weight excluding hydrogens is 124 g/mol. The molecule has 0 heterocycles. The lowest BCUT2D eigenvalue weighted by molar-refractivity contribution is -0.104. The van der Waals surface area contributed by atoms with E-state index >= 15 is 0 Å². The van der Waals surface area contributed by atoms with Crippen LogP contribution in [0.25, 0.3) is 0 Å². The molecule has 10 heavy (non-hydrogen) atoms. The van der Waals surface area contributed by atoms with E-state index in [1.165, 1.54) is 0 Å². The van der Waals surface area contributed by atoms with Crippen LogP contribution in [0.1, 0.15) is 13.8 Å². The van der Waals surface area contributed by atoms with Gasteiger partial charge in [-0.15, -0.1) is 0 Å². The van der Waals surface area contributed by atoms with Crippen molar-refractivity contribution < 1.29 is 4.79 Å². The van der Waals surface area contributed by atoms with Gasteiger partial charge in [0.15, 0.2) is 0 Å². The van der Waals surface area contributed by atoms with E-state index in [1.54, 1.807) is 12.2 Å². The van der Waals surface area contributed by atoms with Gasteiger partial charge in [-0.1, -0.05) is 30.4 Å². The van der Waals surface area contributed by atoms with Gasteiger partial charge in [0.25, 0.3) is 0 Å². The second-order valence-electron chi connectivity index (χ2n) is 1.81. The predicted octanol–water partition coefficient (Wildman–Crippen LogP) is 2.26. The monoisotopic (exact) mass is 136 g/mol. The molecule has 0 radical (unpaired) electrons.